The van der Waals surface area contributed by atoms with Gasteiger partial charge < -0.3 is 15.8 Å². The number of hydrogen-bond donors (Lipinski definition) is 2. The number of ether oxygens (including phenoxy) is 1. The van der Waals surface area contributed by atoms with E-state index in [0.717, 1.165) is 31.6 Å². The van der Waals surface area contributed by atoms with E-state index in [4.69, 9.17) is 10.5 Å². The van der Waals surface area contributed by atoms with Crippen LogP contribution in [0.5, 0.6) is 0 Å². The van der Waals surface area contributed by atoms with Crippen molar-refractivity contribution in [2.75, 3.05) is 18.8 Å². The van der Waals surface area contributed by atoms with Crippen molar-refractivity contribution in [1.29, 1.82) is 0 Å². The van der Waals surface area contributed by atoms with Crippen molar-refractivity contribution in [2.24, 2.45) is 0 Å². The Balaban J connectivity index is 1.86. The first kappa shape index (κ1) is 10.9. The van der Waals surface area contributed by atoms with E-state index in [9.17, 15) is 0 Å². The van der Waals surface area contributed by atoms with E-state index in [0.29, 0.717) is 11.7 Å². The van der Waals surface area contributed by atoms with Gasteiger partial charge in [0.1, 0.15) is 0 Å². The first-order chi connectivity index (χ1) is 7.18. The lowest BCUT2D eigenvalue weighted by atomic mass is 9.95. The molecule has 5 heteroatoms. The van der Waals surface area contributed by atoms with Crippen LogP contribution in [-0.4, -0.2) is 23.7 Å². The van der Waals surface area contributed by atoms with E-state index in [1.54, 1.807) is 0 Å². The summed E-state index contributed by atoms with van der Waals surface area (Å²) in [5, 5.41) is 5.90. The summed E-state index contributed by atoms with van der Waals surface area (Å²) >= 11 is 1.46. The molecule has 0 saturated carbocycles. The van der Waals surface area contributed by atoms with Gasteiger partial charge in [0.15, 0.2) is 5.13 Å². The molecule has 0 unspecified atom stereocenters. The minimum atomic E-state index is 0.00360. The third-order valence-electron chi connectivity index (χ3n) is 2.80. The van der Waals surface area contributed by atoms with Gasteiger partial charge in [0.2, 0.25) is 0 Å². The number of aromatic nitrogens is 1. The third kappa shape index (κ3) is 2.90. The number of nitrogen functional groups attached to an aromatic ring is 1. The number of nitrogens with zero attached hydrogens (tertiary/aromatic N) is 1. The van der Waals surface area contributed by atoms with Crippen LogP contribution in [0.2, 0.25) is 0 Å². The van der Waals surface area contributed by atoms with E-state index < -0.39 is 0 Å². The fraction of sp³-hybridized carbons (Fsp3) is 0.700. The molecule has 84 valence electrons. The highest BCUT2D eigenvalue weighted by molar-refractivity contribution is 7.13. The summed E-state index contributed by atoms with van der Waals surface area (Å²) in [6, 6.07) is 0. The number of piperidine rings is 1. The highest BCUT2D eigenvalue weighted by Gasteiger charge is 2.27. The second-order valence-electron chi connectivity index (χ2n) is 4.17. The summed E-state index contributed by atoms with van der Waals surface area (Å²) in [4.78, 5) is 4.18. The van der Waals surface area contributed by atoms with Crippen LogP contribution in [-0.2, 0) is 11.3 Å². The normalized spacial score (nSPS) is 20.3. The number of nitrogens with two attached hydrogens (primary N) is 1. The van der Waals surface area contributed by atoms with E-state index in [2.05, 4.69) is 17.2 Å². The molecule has 0 amide bonds. The van der Waals surface area contributed by atoms with Crippen molar-refractivity contribution in [3.8, 4) is 0 Å². The van der Waals surface area contributed by atoms with Crippen LogP contribution in [0.25, 0.3) is 0 Å². The number of anilines is 1. The number of hydrogen-bond acceptors (Lipinski definition) is 5. The fourth-order valence-corrected chi connectivity index (χ4v) is 2.28. The number of nitrogens with one attached hydrogen (secondary N) is 1. The Kier molecular flexibility index (Phi) is 3.23. The first-order valence-corrected chi connectivity index (χ1v) is 6.10. The van der Waals surface area contributed by atoms with Crippen molar-refractivity contribution in [2.45, 2.75) is 32.0 Å². The lowest BCUT2D eigenvalue weighted by molar-refractivity contribution is -0.0631. The molecule has 1 saturated heterocycles. The third-order valence-corrected chi connectivity index (χ3v) is 3.52. The summed E-state index contributed by atoms with van der Waals surface area (Å²) in [5.41, 5.74) is 6.51. The van der Waals surface area contributed by atoms with Crippen molar-refractivity contribution in [1.82, 2.24) is 10.3 Å². The average Bonchev–Trinajstić information content (AvgIpc) is 2.63. The van der Waals surface area contributed by atoms with Crippen LogP contribution in [0.3, 0.4) is 0 Å². The fourth-order valence-electron chi connectivity index (χ4n) is 1.74. The maximum atomic E-state index is 5.92. The minimum absolute atomic E-state index is 0.00360. The summed E-state index contributed by atoms with van der Waals surface area (Å²) in [7, 11) is 0. The number of thiazole rings is 1. The van der Waals surface area contributed by atoms with Gasteiger partial charge in [-0.05, 0) is 32.9 Å². The Morgan fingerprint density at radius 3 is 2.93 bits per heavy atom. The van der Waals surface area contributed by atoms with Crippen molar-refractivity contribution in [3.05, 3.63) is 11.1 Å². The minimum Gasteiger partial charge on any atom is -0.375 e. The molecule has 1 aromatic rings. The molecule has 0 atom stereocenters. The standard InChI is InChI=1S/C10H17N3OS/c1-10(2-4-12-5-3-10)14-6-8-7-15-9(11)13-8/h7,12H,2-6H2,1H3,(H2,11,13). The molecule has 1 fully saturated rings. The Hall–Kier alpha value is -0.650. The van der Waals surface area contributed by atoms with Crippen LogP contribution in [0.1, 0.15) is 25.5 Å². The molecule has 0 aliphatic carbocycles. The molecule has 4 nitrogen and oxygen atoms in total. The quantitative estimate of drug-likeness (QED) is 0.819. The Labute approximate surface area is 93.8 Å². The maximum Gasteiger partial charge on any atom is 0.180 e. The summed E-state index contributed by atoms with van der Waals surface area (Å²) in [6.07, 6.45) is 2.12. The molecule has 1 aromatic heterocycles. The van der Waals surface area contributed by atoms with Crippen LogP contribution >= 0.6 is 11.3 Å². The van der Waals surface area contributed by atoms with E-state index in [-0.39, 0.29) is 5.60 Å². The van der Waals surface area contributed by atoms with Gasteiger partial charge in [0.05, 0.1) is 17.9 Å². The molecule has 0 aromatic carbocycles. The molecular weight excluding hydrogens is 210 g/mol. The molecule has 15 heavy (non-hydrogen) atoms. The zero-order chi connectivity index (χ0) is 10.7. The summed E-state index contributed by atoms with van der Waals surface area (Å²) in [5.74, 6) is 0. The first-order valence-electron chi connectivity index (χ1n) is 5.22. The van der Waals surface area contributed by atoms with Gasteiger partial charge >= 0.3 is 0 Å². The van der Waals surface area contributed by atoms with Crippen molar-refractivity contribution >= 4 is 16.5 Å². The van der Waals surface area contributed by atoms with E-state index >= 15 is 0 Å². The predicted octanol–water partition coefficient (Wildman–Crippen LogP) is 1.38. The molecule has 0 bridgehead atoms. The van der Waals surface area contributed by atoms with Crippen LogP contribution in [0.4, 0.5) is 5.13 Å². The Morgan fingerprint density at radius 1 is 1.60 bits per heavy atom. The smallest absolute Gasteiger partial charge is 0.180 e. The van der Waals surface area contributed by atoms with Crippen LogP contribution in [0, 0.1) is 0 Å². The van der Waals surface area contributed by atoms with Crippen LogP contribution < -0.4 is 11.1 Å². The molecule has 2 rings (SSSR count). The summed E-state index contributed by atoms with van der Waals surface area (Å²) in [6.45, 7) is 4.82. The van der Waals surface area contributed by atoms with Gasteiger partial charge in [-0.2, -0.15) is 0 Å². The highest BCUT2D eigenvalue weighted by Crippen LogP contribution is 2.24. The molecule has 1 aliphatic rings. The van der Waals surface area contributed by atoms with Gasteiger partial charge in [-0.3, -0.25) is 0 Å². The van der Waals surface area contributed by atoms with Gasteiger partial charge in [-0.25, -0.2) is 4.98 Å². The van der Waals surface area contributed by atoms with Gasteiger partial charge in [0.25, 0.3) is 0 Å². The molecular formula is C10H17N3OS. The molecule has 0 spiro atoms. The lowest BCUT2D eigenvalue weighted by Gasteiger charge is -2.33. The van der Waals surface area contributed by atoms with Crippen LogP contribution in [0.15, 0.2) is 5.38 Å². The van der Waals surface area contributed by atoms with Crippen molar-refractivity contribution in [3.63, 3.8) is 0 Å². The second-order valence-corrected chi connectivity index (χ2v) is 5.06. The Morgan fingerprint density at radius 2 is 2.33 bits per heavy atom. The molecule has 2 heterocycles. The lowest BCUT2D eigenvalue weighted by Crippen LogP contribution is -2.41. The predicted molar refractivity (Wildman–Crippen MR) is 61.8 cm³/mol. The number of rotatable bonds is 3. The van der Waals surface area contributed by atoms with Gasteiger partial charge in [-0.15, -0.1) is 11.3 Å². The average molecular weight is 227 g/mol. The second kappa shape index (κ2) is 4.47. The molecule has 0 radical (unpaired) electrons. The molecule has 1 aliphatic heterocycles. The van der Waals surface area contributed by atoms with Crippen molar-refractivity contribution < 1.29 is 4.74 Å². The Bertz CT molecular complexity index is 320. The largest absolute Gasteiger partial charge is 0.375 e. The topological polar surface area (TPSA) is 60.2 Å². The summed E-state index contributed by atoms with van der Waals surface area (Å²) < 4.78 is 5.92. The van der Waals surface area contributed by atoms with E-state index in [1.165, 1.54) is 11.3 Å². The van der Waals surface area contributed by atoms with Gasteiger partial charge in [-0.1, -0.05) is 0 Å². The maximum absolute atomic E-state index is 5.92. The highest BCUT2D eigenvalue weighted by atomic mass is 32.1. The zero-order valence-corrected chi connectivity index (χ0v) is 9.77. The zero-order valence-electron chi connectivity index (χ0n) is 8.95. The van der Waals surface area contributed by atoms with E-state index in [1.807, 2.05) is 5.38 Å². The van der Waals surface area contributed by atoms with Gasteiger partial charge in [0, 0.05) is 5.38 Å². The monoisotopic (exact) mass is 227 g/mol. The SMILES string of the molecule is CC1(OCc2csc(N)n2)CCNCC1. The molecule has 3 N–H and O–H groups in total.